The molecule has 0 saturated carbocycles. The van der Waals surface area contributed by atoms with Gasteiger partial charge in [0, 0.05) is 162 Å². The molecule has 9 aliphatic heterocycles. The lowest BCUT2D eigenvalue weighted by molar-refractivity contribution is -0.136. The number of amides is 4. The molecule has 4 unspecified atom stereocenters. The number of nitrogens with one attached hydrogen (secondary N) is 8. The van der Waals surface area contributed by atoms with Crippen LogP contribution in [0.5, 0.6) is 0 Å². The van der Waals surface area contributed by atoms with E-state index in [1.165, 1.54) is 36.0 Å². The number of hydrazone groups is 2. The molecule has 0 bridgehead atoms. The first-order valence-corrected chi connectivity index (χ1v) is 31.1. The summed E-state index contributed by atoms with van der Waals surface area (Å²) >= 11 is 19.9. The van der Waals surface area contributed by atoms with E-state index in [9.17, 15) is 33.6 Å². The Morgan fingerprint density at radius 3 is 1.34 bits per heavy atom. The molecule has 0 radical (unpaired) electrons. The number of piperidine rings is 2. The lowest BCUT2D eigenvalue weighted by Crippen LogP contribution is -2.47. The summed E-state index contributed by atoms with van der Waals surface area (Å²) in [4.78, 5) is 95.5. The van der Waals surface area contributed by atoms with Gasteiger partial charge in [-0.2, -0.15) is 25.5 Å². The molecule has 33 heteroatoms. The number of aromatic amines is 2. The minimum Gasteiger partial charge on any atom is -0.353 e. The summed E-state index contributed by atoms with van der Waals surface area (Å²) in [6, 6.07) is 8.96. The van der Waals surface area contributed by atoms with Gasteiger partial charge in [-0.15, -0.1) is 0 Å². The SMILES string of the molecule is CN1CCN(C2=NNC(Cl)C=C2)CC1.CN1CCN(c2ccc(=O)[nH]n2)CC1.CN1CCN(c2ccc(=O)n(C3CCC(=O)NC3=O)n2)CC1.CN1CCNCC1.ClC1=NNC(Cl)C=C1.O=C1CCC(Br)C(=O)N1.O=c1ccc(N2CCNCC2)n[nH]1. The second-order valence-corrected chi connectivity index (χ2v) is 23.7. The number of allylic oxidation sites excluding steroid dienone is 1. The Bertz CT molecular complexity index is 2930. The molecule has 4 amide bonds. The van der Waals surface area contributed by atoms with Gasteiger partial charge < -0.3 is 49.8 Å². The van der Waals surface area contributed by atoms with E-state index in [2.05, 4.69) is 151 Å². The summed E-state index contributed by atoms with van der Waals surface area (Å²) in [6.07, 6.45) is 8.87. The van der Waals surface area contributed by atoms with Gasteiger partial charge in [-0.3, -0.25) is 55.0 Å². The molecular formula is C54H82BrCl3N22O7. The van der Waals surface area contributed by atoms with Gasteiger partial charge in [-0.05, 0) is 83.5 Å². The third-order valence-electron chi connectivity index (χ3n) is 14.5. The van der Waals surface area contributed by atoms with Crippen molar-refractivity contribution in [2.24, 2.45) is 10.2 Å². The highest BCUT2D eigenvalue weighted by Gasteiger charge is 2.30. The van der Waals surface area contributed by atoms with Crippen molar-refractivity contribution in [3.8, 4) is 0 Å². The number of H-pyrrole nitrogens is 2. The van der Waals surface area contributed by atoms with Crippen LogP contribution in [0.1, 0.15) is 31.7 Å². The Morgan fingerprint density at radius 2 is 0.931 bits per heavy atom. The number of hydrogen-bond donors (Lipinski definition) is 8. The quantitative estimate of drug-likeness (QED) is 0.0875. The Balaban J connectivity index is 0.000000167. The summed E-state index contributed by atoms with van der Waals surface area (Å²) in [5.74, 6) is 2.25. The predicted octanol–water partition coefficient (Wildman–Crippen LogP) is -1.08. The lowest BCUT2D eigenvalue weighted by Gasteiger charge is -2.34. The molecule has 4 atom stereocenters. The smallest absolute Gasteiger partial charge is 0.267 e. The van der Waals surface area contributed by atoms with Crippen LogP contribution in [0.3, 0.4) is 0 Å². The molecule has 478 valence electrons. The van der Waals surface area contributed by atoms with E-state index < -0.39 is 11.9 Å². The van der Waals surface area contributed by atoms with Gasteiger partial charge in [0.15, 0.2) is 0 Å². The number of halogens is 4. The number of carbonyl (C=O) groups is 4. The first-order chi connectivity index (χ1) is 41.8. The molecule has 8 N–H and O–H groups in total. The molecule has 0 aromatic carbocycles. The summed E-state index contributed by atoms with van der Waals surface area (Å²) in [7, 11) is 8.47. The number of piperazine rings is 5. The highest BCUT2D eigenvalue weighted by molar-refractivity contribution is 9.10. The normalized spacial score (nSPS) is 23.5. The monoisotopic (exact) mass is 1330 g/mol. The van der Waals surface area contributed by atoms with Gasteiger partial charge >= 0.3 is 0 Å². The van der Waals surface area contributed by atoms with Crippen LogP contribution in [0, 0.1) is 0 Å². The largest absolute Gasteiger partial charge is 0.353 e. The fraction of sp³-hybridized carbons (Fsp3) is 0.593. The molecule has 0 aliphatic carbocycles. The van der Waals surface area contributed by atoms with E-state index in [1.54, 1.807) is 30.4 Å². The average Bonchev–Trinajstić information content (AvgIpc) is 3.01. The van der Waals surface area contributed by atoms with Crippen LogP contribution in [0.4, 0.5) is 17.5 Å². The van der Waals surface area contributed by atoms with E-state index >= 15 is 0 Å². The molecule has 3 aromatic rings. The van der Waals surface area contributed by atoms with Crippen LogP contribution in [0.15, 0.2) is 85.3 Å². The average molecular weight is 1340 g/mol. The van der Waals surface area contributed by atoms with E-state index in [0.717, 1.165) is 135 Å². The maximum absolute atomic E-state index is 12.0. The molecule has 7 fully saturated rings. The Labute approximate surface area is 529 Å². The molecule has 3 aromatic heterocycles. The van der Waals surface area contributed by atoms with Gasteiger partial charge in [-0.25, -0.2) is 14.9 Å². The van der Waals surface area contributed by atoms with Crippen molar-refractivity contribution in [1.82, 2.24) is 86.8 Å². The van der Waals surface area contributed by atoms with Crippen molar-refractivity contribution in [3.63, 3.8) is 0 Å². The standard InChI is InChI=1S/C14H19N5O3.C9H15ClN4.C9H14N4O.C8H12N4O.C5H6BrNO2.C5H12N2.C4H4Cl2N2/c1-17-6-8-18(9-7-17)11-3-5-13(21)19(16-11)10-2-4-12(20)15-14(10)22;1-13-4-6-14(7-5-13)9-3-2-8(10)11-12-9;1-12-4-6-13(7-5-12)8-2-3-9(14)11-10-8;13-8-2-1-7(10-11-8)12-5-3-9-4-6-12;6-3-1-2-4(8)7-5(3)9;1-7-4-2-6-3-5-7;5-3-1-2-4(6)8-7-3/h3,5,10H,2,4,6-9H2,1H3,(H,15,20,22);2-3,8,11H,4-7H2,1H3;2-3H,4-7H2,1H3,(H,11,14);1-2,9H,3-6H2,(H,11,13);3H,1-2H2,(H,7,8,9);6H,2-5H2,1H3;1-3,7H. The van der Waals surface area contributed by atoms with Crippen molar-refractivity contribution in [2.75, 3.05) is 174 Å². The first-order valence-electron chi connectivity index (χ1n) is 28.9. The van der Waals surface area contributed by atoms with Gasteiger partial charge in [0.1, 0.15) is 45.5 Å². The second kappa shape index (κ2) is 36.8. The van der Waals surface area contributed by atoms with E-state index in [0.29, 0.717) is 30.3 Å². The number of carbonyl (C=O) groups excluding carboxylic acids is 4. The fourth-order valence-corrected chi connectivity index (χ4v) is 9.82. The molecule has 87 heavy (non-hydrogen) atoms. The first kappa shape index (κ1) is 69.7. The maximum atomic E-state index is 12.0. The van der Waals surface area contributed by atoms with Crippen molar-refractivity contribution in [1.29, 1.82) is 0 Å². The number of amidine groups is 1. The summed E-state index contributed by atoms with van der Waals surface area (Å²) in [5, 5.41) is 36.5. The number of anilines is 3. The van der Waals surface area contributed by atoms with Crippen molar-refractivity contribution >= 4 is 103 Å². The molecule has 7 saturated heterocycles. The summed E-state index contributed by atoms with van der Waals surface area (Å²) < 4.78 is 1.20. The molecule has 12 heterocycles. The number of rotatable bonds is 4. The maximum Gasteiger partial charge on any atom is 0.267 e. The van der Waals surface area contributed by atoms with Crippen LogP contribution >= 0.6 is 50.7 Å². The van der Waals surface area contributed by atoms with E-state index in [4.69, 9.17) is 34.8 Å². The van der Waals surface area contributed by atoms with E-state index in [1.807, 2.05) is 12.2 Å². The van der Waals surface area contributed by atoms with Crippen molar-refractivity contribution < 1.29 is 19.2 Å². The Kier molecular flexibility index (Phi) is 29.5. The predicted molar refractivity (Wildman–Crippen MR) is 343 cm³/mol. The molecule has 29 nitrogen and oxygen atoms in total. The zero-order chi connectivity index (χ0) is 62.7. The van der Waals surface area contributed by atoms with Gasteiger partial charge in [0.05, 0.1) is 4.83 Å². The second-order valence-electron chi connectivity index (χ2n) is 21.3. The van der Waals surface area contributed by atoms with Crippen molar-refractivity contribution in [3.05, 3.63) is 91.8 Å². The van der Waals surface area contributed by atoms with Crippen molar-refractivity contribution in [2.45, 2.75) is 47.6 Å². The van der Waals surface area contributed by atoms with Crippen LogP contribution in [-0.4, -0.2) is 264 Å². The number of aromatic nitrogens is 6. The van der Waals surface area contributed by atoms with Crippen LogP contribution in [-0.2, 0) is 19.2 Å². The highest BCUT2D eigenvalue weighted by Crippen LogP contribution is 2.19. The molecule has 0 spiro atoms. The van der Waals surface area contributed by atoms with Gasteiger partial charge in [-0.1, -0.05) is 50.7 Å². The molecule has 12 rings (SSSR count). The number of imide groups is 2. The van der Waals surface area contributed by atoms with Crippen LogP contribution < -0.4 is 63.5 Å². The minimum absolute atomic E-state index is 0.150. The van der Waals surface area contributed by atoms with E-state index in [-0.39, 0.29) is 56.6 Å². The summed E-state index contributed by atoms with van der Waals surface area (Å²) in [6.45, 7) is 20.4. The van der Waals surface area contributed by atoms with Crippen LogP contribution in [0.2, 0.25) is 0 Å². The van der Waals surface area contributed by atoms with Gasteiger partial charge in [0.25, 0.3) is 22.6 Å². The van der Waals surface area contributed by atoms with Gasteiger partial charge in [0.2, 0.25) is 17.7 Å². The number of alkyl halides is 3. The Morgan fingerprint density at radius 1 is 0.494 bits per heavy atom. The third kappa shape index (κ3) is 25.0. The number of hydrogen-bond acceptors (Lipinski definition) is 24. The zero-order valence-electron chi connectivity index (χ0n) is 49.7. The third-order valence-corrected chi connectivity index (χ3v) is 16.1. The van der Waals surface area contributed by atoms with Crippen LogP contribution in [0.25, 0.3) is 0 Å². The topological polar surface area (TPSA) is 317 Å². The molecule has 9 aliphatic rings. The minimum atomic E-state index is -0.711. The zero-order valence-corrected chi connectivity index (χ0v) is 53.5. The molecular weight excluding hydrogens is 1260 g/mol. The fourth-order valence-electron chi connectivity index (χ4n) is 9.12. The Hall–Kier alpha value is -6.35. The summed E-state index contributed by atoms with van der Waals surface area (Å²) in [5.41, 5.74) is 4.42. The number of likely N-dealkylation sites (N-methyl/N-ethyl adjacent to an activating group) is 4. The lowest BCUT2D eigenvalue weighted by atomic mass is 10.1. The highest BCUT2D eigenvalue weighted by atomic mass is 79.9. The number of nitrogens with zero attached hydrogens (tertiary/aromatic N) is 14.